The van der Waals surface area contributed by atoms with Crippen molar-refractivity contribution in [2.75, 3.05) is 39.6 Å². The highest BCUT2D eigenvalue weighted by molar-refractivity contribution is 5.16. The molecule has 10 fully saturated rings. The highest BCUT2D eigenvalue weighted by atomic mass is 16.8. The number of hydrogen-bond acceptors (Lipinski definition) is 30. The SMILES string of the molecule is C[C@H](CC[C@]1(O)O[C@H]2C[C@@H]3[C@H]4CC[C@@H]5C[C@H](O[C@H]6O[C@@H](CO)[C@H](O[C@H]7O[C@@H](CO)[C@H](O)[C@@H](O[C@H]8O[C@@H](CO)[C@H](O)[C@@H](O)[C@@H]8O)[C@@H]7O[C@H]7O[C@@H](CO)[C@H](O)[C@@H](O)[C@@H]7O)[C@@H](O)[C@@H]6O)[C@@H](O)C[C@]5(C)[C@@H]4CC[C@]3(C)[C@H]2[C@@H]1C)CO[C@H]1O[C@@H](CO)[C@H](O)[C@@H](O)[C@@H]1O. The summed E-state index contributed by atoms with van der Waals surface area (Å²) < 4.78 is 65.7. The third-order valence-corrected chi connectivity index (χ3v) is 22.2. The standard InChI is InChI=1S/C57H96O30/c1-20(19-77-50-43(72)39(68)35(64)29(14-58)79-50)7-10-57(76)21(2)34-28(87-57)12-25-23-6-5-22-11-27(26(63)13-56(22,4)24(23)8-9-55(25,34)3)78-51-46(75)42(71)47(33(18-62)83-51)84-54-49(86-53-45(74)41(70)37(66)31(16-60)81-53)48(38(67)32(17-61)82-54)85-52-44(73)40(69)36(65)30(15-59)80-52/h20-54,58-76H,5-19H2,1-4H3/t20-,21+,22-,23+,24-,25-,26+,27+,28+,29+,30+,31+,32+,33+,34+,35+,36+,37+,38+,39-,40-,41-,42+,43+,44+,45+,46+,47+,48-,49+,50+,51+,52-,53-,54-,55+,56+,57+/m1/s1. The van der Waals surface area contributed by atoms with Gasteiger partial charge in [-0.05, 0) is 97.7 Å². The Morgan fingerprint density at radius 2 is 0.966 bits per heavy atom. The second kappa shape index (κ2) is 27.3. The summed E-state index contributed by atoms with van der Waals surface area (Å²) in [7, 11) is 0. The molecular formula is C57H96O30. The van der Waals surface area contributed by atoms with Gasteiger partial charge in [-0.1, -0.05) is 27.7 Å². The van der Waals surface area contributed by atoms with Crippen LogP contribution in [0.4, 0.5) is 0 Å². The first-order valence-electron chi connectivity index (χ1n) is 31.0. The minimum atomic E-state index is -2.09. The van der Waals surface area contributed by atoms with Crippen molar-refractivity contribution in [1.29, 1.82) is 0 Å². The van der Waals surface area contributed by atoms with Gasteiger partial charge in [0.15, 0.2) is 37.2 Å². The Kier molecular flexibility index (Phi) is 21.5. The van der Waals surface area contributed by atoms with E-state index in [2.05, 4.69) is 20.8 Å². The van der Waals surface area contributed by atoms with Crippen molar-refractivity contribution in [3.63, 3.8) is 0 Å². The van der Waals surface area contributed by atoms with E-state index in [0.717, 1.165) is 32.1 Å². The molecule has 6 heterocycles. The van der Waals surface area contributed by atoms with Crippen LogP contribution < -0.4 is 0 Å². The van der Waals surface area contributed by atoms with Gasteiger partial charge in [-0.3, -0.25) is 0 Å². The molecule has 10 aliphatic rings. The maximum Gasteiger partial charge on any atom is 0.187 e. The lowest BCUT2D eigenvalue weighted by atomic mass is 9.44. The van der Waals surface area contributed by atoms with Crippen LogP contribution in [-0.4, -0.2) is 314 Å². The lowest BCUT2D eigenvalue weighted by molar-refractivity contribution is -0.407. The van der Waals surface area contributed by atoms with Crippen LogP contribution in [0.15, 0.2) is 0 Å². The normalized spacial score (nSPS) is 55.6. The monoisotopic (exact) mass is 1260 g/mol. The highest BCUT2D eigenvalue weighted by Crippen LogP contribution is 2.71. The lowest BCUT2D eigenvalue weighted by Gasteiger charge is -2.62. The van der Waals surface area contributed by atoms with Gasteiger partial charge in [0.25, 0.3) is 0 Å². The first-order chi connectivity index (χ1) is 41.2. The number of ether oxygens (including phenoxy) is 11. The van der Waals surface area contributed by atoms with E-state index < -0.39 is 205 Å². The van der Waals surface area contributed by atoms with Crippen LogP contribution in [0.25, 0.3) is 0 Å². The maximum atomic E-state index is 12.2. The molecule has 30 nitrogen and oxygen atoms in total. The highest BCUT2D eigenvalue weighted by Gasteiger charge is 2.69. The Balaban J connectivity index is 0.777. The van der Waals surface area contributed by atoms with Crippen LogP contribution in [0, 0.1) is 52.3 Å². The summed E-state index contributed by atoms with van der Waals surface area (Å²) in [5, 5.41) is 205. The maximum absolute atomic E-state index is 12.2. The van der Waals surface area contributed by atoms with Gasteiger partial charge in [0.2, 0.25) is 0 Å². The number of aliphatic hydroxyl groups excluding tert-OH is 18. The summed E-state index contributed by atoms with van der Waals surface area (Å²) in [5.41, 5.74) is -0.457. The van der Waals surface area contributed by atoms with Crippen molar-refractivity contribution >= 4 is 0 Å². The summed E-state index contributed by atoms with van der Waals surface area (Å²) >= 11 is 0. The fourth-order valence-corrected chi connectivity index (χ4v) is 17.2. The average molecular weight is 1260 g/mol. The van der Waals surface area contributed by atoms with E-state index in [1.54, 1.807) is 0 Å². The molecule has 19 N–H and O–H groups in total. The Morgan fingerprint density at radius 1 is 0.483 bits per heavy atom. The van der Waals surface area contributed by atoms with Crippen LogP contribution in [-0.2, 0) is 52.1 Å². The van der Waals surface area contributed by atoms with Crippen molar-refractivity contribution < 1.29 is 149 Å². The smallest absolute Gasteiger partial charge is 0.187 e. The predicted octanol–water partition coefficient (Wildman–Crippen LogP) is -7.16. The molecule has 0 aromatic heterocycles. The van der Waals surface area contributed by atoms with E-state index in [0.29, 0.717) is 37.5 Å². The van der Waals surface area contributed by atoms with E-state index in [4.69, 9.17) is 52.1 Å². The summed E-state index contributed by atoms with van der Waals surface area (Å²) in [6, 6.07) is 0. The van der Waals surface area contributed by atoms with Gasteiger partial charge in [0, 0.05) is 12.3 Å². The molecular weight excluding hydrogens is 1160 g/mol. The summed E-state index contributed by atoms with van der Waals surface area (Å²) in [6.45, 7) is 4.45. The molecule has 0 unspecified atom stereocenters. The molecule has 6 saturated heterocycles. The average Bonchev–Trinajstić information content (AvgIpc) is 1.60. The molecule has 0 aromatic rings. The third-order valence-electron chi connectivity index (χ3n) is 22.2. The molecule has 0 aromatic carbocycles. The molecule has 504 valence electrons. The van der Waals surface area contributed by atoms with Crippen molar-refractivity contribution in [1.82, 2.24) is 0 Å². The van der Waals surface area contributed by atoms with Crippen molar-refractivity contribution in [2.45, 2.75) is 263 Å². The summed E-state index contributed by atoms with van der Waals surface area (Å²) in [6.07, 6.45) is -40.6. The molecule has 6 aliphatic heterocycles. The zero-order valence-corrected chi connectivity index (χ0v) is 49.3. The molecule has 0 bridgehead atoms. The number of hydrogen-bond donors (Lipinski definition) is 19. The van der Waals surface area contributed by atoms with Gasteiger partial charge < -0.3 is 149 Å². The molecule has 0 radical (unpaired) electrons. The topological polar surface area (TPSA) is 486 Å². The number of aliphatic hydroxyl groups is 19. The minimum absolute atomic E-state index is 0.0665. The first kappa shape index (κ1) is 68.7. The summed E-state index contributed by atoms with van der Waals surface area (Å²) in [5.74, 6) is -0.710. The Bertz CT molecular complexity index is 2220. The molecule has 4 aliphatic carbocycles. The van der Waals surface area contributed by atoms with Crippen LogP contribution in [0.3, 0.4) is 0 Å². The van der Waals surface area contributed by atoms with Gasteiger partial charge in [0.1, 0.15) is 122 Å². The molecule has 0 amide bonds. The van der Waals surface area contributed by atoms with Crippen molar-refractivity contribution in [2.24, 2.45) is 52.3 Å². The fraction of sp³-hybridized carbons (Fsp3) is 1.00. The van der Waals surface area contributed by atoms with Gasteiger partial charge in [-0.15, -0.1) is 0 Å². The van der Waals surface area contributed by atoms with Crippen LogP contribution in [0.2, 0.25) is 0 Å². The van der Waals surface area contributed by atoms with E-state index in [1.165, 1.54) is 0 Å². The van der Waals surface area contributed by atoms with Gasteiger partial charge in [-0.2, -0.15) is 0 Å². The van der Waals surface area contributed by atoms with E-state index in [9.17, 15) is 97.0 Å². The molecule has 10 rings (SSSR count). The van der Waals surface area contributed by atoms with Crippen molar-refractivity contribution in [3.05, 3.63) is 0 Å². The minimum Gasteiger partial charge on any atom is -0.394 e. The molecule has 87 heavy (non-hydrogen) atoms. The van der Waals surface area contributed by atoms with Crippen LogP contribution in [0.5, 0.6) is 0 Å². The van der Waals surface area contributed by atoms with Gasteiger partial charge >= 0.3 is 0 Å². The lowest BCUT2D eigenvalue weighted by Crippen LogP contribution is -2.69. The zero-order valence-electron chi connectivity index (χ0n) is 49.3. The molecule has 4 saturated carbocycles. The van der Waals surface area contributed by atoms with E-state index in [1.807, 2.05) is 6.92 Å². The number of fused-ring (bicyclic) bond motifs is 7. The number of rotatable bonds is 19. The van der Waals surface area contributed by atoms with E-state index in [-0.39, 0.29) is 53.1 Å². The van der Waals surface area contributed by atoms with Crippen molar-refractivity contribution in [3.8, 4) is 0 Å². The quantitative estimate of drug-likeness (QED) is 0.0534. The van der Waals surface area contributed by atoms with E-state index >= 15 is 0 Å². The Labute approximate surface area is 502 Å². The first-order valence-corrected chi connectivity index (χ1v) is 31.0. The molecule has 30 heteroatoms. The predicted molar refractivity (Wildman–Crippen MR) is 286 cm³/mol. The summed E-state index contributed by atoms with van der Waals surface area (Å²) in [4.78, 5) is 0. The second-order valence-electron chi connectivity index (χ2n) is 27.2. The van der Waals surface area contributed by atoms with Crippen LogP contribution in [0.1, 0.15) is 85.5 Å². The van der Waals surface area contributed by atoms with Gasteiger partial charge in [-0.25, -0.2) is 0 Å². The Morgan fingerprint density at radius 3 is 1.54 bits per heavy atom. The Hall–Kier alpha value is -1.20. The molecule has 0 spiro atoms. The van der Waals surface area contributed by atoms with Crippen LogP contribution >= 0.6 is 0 Å². The fourth-order valence-electron chi connectivity index (χ4n) is 17.2. The van der Waals surface area contributed by atoms with Gasteiger partial charge in [0.05, 0.1) is 58.0 Å². The third kappa shape index (κ3) is 12.6. The largest absolute Gasteiger partial charge is 0.394 e. The zero-order chi connectivity index (χ0) is 63.1. The second-order valence-corrected chi connectivity index (χ2v) is 27.2. The molecule has 38 atom stereocenters.